The Balaban J connectivity index is 2.68. The van der Waals surface area contributed by atoms with Crippen LogP contribution in [0, 0.1) is 0 Å². The summed E-state index contributed by atoms with van der Waals surface area (Å²) in [6.45, 7) is 15.4. The van der Waals surface area contributed by atoms with Crippen LogP contribution in [0.25, 0.3) is 0 Å². The van der Waals surface area contributed by atoms with Crippen LogP contribution in [0.15, 0.2) is 17.1 Å². The van der Waals surface area contributed by atoms with Gasteiger partial charge in [-0.1, -0.05) is 47.6 Å². The quantitative estimate of drug-likeness (QED) is 0.658. The number of hydrogen-bond acceptors (Lipinski definition) is 2. The fourth-order valence-corrected chi connectivity index (χ4v) is 2.22. The minimum absolute atomic E-state index is 0.0501. The van der Waals surface area contributed by atoms with E-state index in [2.05, 4.69) is 58.7 Å². The first-order chi connectivity index (χ1) is 8.59. The van der Waals surface area contributed by atoms with Gasteiger partial charge in [0.25, 0.3) is 0 Å². The highest BCUT2D eigenvalue weighted by Gasteiger charge is 2.27. The van der Waals surface area contributed by atoms with Crippen LogP contribution in [0.5, 0.6) is 5.75 Å². The number of hydrogen-bond donors (Lipinski definition) is 0. The molecular weight excluding hydrogens is 234 g/mol. The summed E-state index contributed by atoms with van der Waals surface area (Å²) in [5.74, 6) is 0.954. The van der Waals surface area contributed by atoms with Gasteiger partial charge in [-0.3, -0.25) is 4.99 Å². The van der Waals surface area contributed by atoms with Gasteiger partial charge in [-0.15, -0.1) is 0 Å². The third-order valence-corrected chi connectivity index (χ3v) is 3.47. The van der Waals surface area contributed by atoms with Crippen molar-refractivity contribution in [1.82, 2.24) is 0 Å². The summed E-state index contributed by atoms with van der Waals surface area (Å²) in [4.78, 5) is 4.57. The van der Waals surface area contributed by atoms with E-state index < -0.39 is 0 Å². The maximum absolute atomic E-state index is 6.01. The highest BCUT2D eigenvalue weighted by molar-refractivity contribution is 5.75. The Morgan fingerprint density at radius 2 is 1.63 bits per heavy atom. The van der Waals surface area contributed by atoms with E-state index in [0.717, 1.165) is 11.4 Å². The van der Waals surface area contributed by atoms with Gasteiger partial charge in [-0.25, -0.2) is 0 Å². The van der Waals surface area contributed by atoms with E-state index in [4.69, 9.17) is 4.74 Å². The Hall–Kier alpha value is -1.31. The molecule has 1 aromatic carbocycles. The van der Waals surface area contributed by atoms with Crippen molar-refractivity contribution < 1.29 is 4.74 Å². The average Bonchev–Trinajstić information content (AvgIpc) is 2.24. The molecule has 0 fully saturated rings. The van der Waals surface area contributed by atoms with Crippen molar-refractivity contribution in [1.29, 1.82) is 0 Å². The SMILES string of the molecule is CC1C=Nc2cc(C(C)(C)C)cc(C(C)(C)C)c2O1. The summed E-state index contributed by atoms with van der Waals surface area (Å²) in [6, 6.07) is 4.44. The Morgan fingerprint density at radius 3 is 2.16 bits per heavy atom. The van der Waals surface area contributed by atoms with Crippen molar-refractivity contribution in [3.63, 3.8) is 0 Å². The molecule has 0 saturated heterocycles. The molecule has 0 N–H and O–H groups in total. The van der Waals surface area contributed by atoms with Crippen LogP contribution < -0.4 is 4.74 Å². The van der Waals surface area contributed by atoms with Crippen molar-refractivity contribution in [2.24, 2.45) is 4.99 Å². The maximum atomic E-state index is 6.01. The lowest BCUT2D eigenvalue weighted by Gasteiger charge is -2.30. The monoisotopic (exact) mass is 259 g/mol. The van der Waals surface area contributed by atoms with Gasteiger partial charge in [0.05, 0.1) is 0 Å². The highest BCUT2D eigenvalue weighted by atomic mass is 16.5. The number of aliphatic imine (C=N–C) groups is 1. The van der Waals surface area contributed by atoms with Crippen LogP contribution >= 0.6 is 0 Å². The number of rotatable bonds is 0. The molecular formula is C17H25NO. The summed E-state index contributed by atoms with van der Waals surface area (Å²) in [5, 5.41) is 0. The first kappa shape index (κ1) is 14.1. The molecule has 0 radical (unpaired) electrons. The van der Waals surface area contributed by atoms with Crippen molar-refractivity contribution >= 4 is 11.9 Å². The predicted octanol–water partition coefficient (Wildman–Crippen LogP) is 4.76. The van der Waals surface area contributed by atoms with Crippen molar-refractivity contribution in [2.45, 2.75) is 65.4 Å². The molecule has 1 heterocycles. The van der Waals surface area contributed by atoms with Crippen molar-refractivity contribution in [3.05, 3.63) is 23.3 Å². The number of benzene rings is 1. The molecule has 0 bridgehead atoms. The van der Waals surface area contributed by atoms with Gasteiger partial charge in [0.15, 0.2) is 0 Å². The summed E-state index contributed by atoms with van der Waals surface area (Å²) in [7, 11) is 0. The normalized spacial score (nSPS) is 19.0. The minimum Gasteiger partial charge on any atom is -0.482 e. The average molecular weight is 259 g/mol. The van der Waals surface area contributed by atoms with Crippen LogP contribution in [0.1, 0.15) is 59.6 Å². The molecule has 0 spiro atoms. The van der Waals surface area contributed by atoms with E-state index in [1.165, 1.54) is 11.1 Å². The standard InChI is InChI=1S/C17H25NO/c1-11-10-18-14-9-12(16(2,3)4)8-13(15(14)19-11)17(5,6)7/h8-11H,1-7H3. The molecule has 1 unspecified atom stereocenters. The fourth-order valence-electron chi connectivity index (χ4n) is 2.22. The second-order valence-electron chi connectivity index (χ2n) is 7.47. The predicted molar refractivity (Wildman–Crippen MR) is 82.1 cm³/mol. The van der Waals surface area contributed by atoms with Gasteiger partial charge < -0.3 is 4.74 Å². The number of fused-ring (bicyclic) bond motifs is 1. The van der Waals surface area contributed by atoms with E-state index in [1.807, 2.05) is 13.1 Å². The molecule has 1 aliphatic rings. The molecule has 2 heteroatoms. The summed E-state index contributed by atoms with van der Waals surface area (Å²) < 4.78 is 6.01. The molecule has 0 saturated carbocycles. The van der Waals surface area contributed by atoms with Crippen molar-refractivity contribution in [2.75, 3.05) is 0 Å². The first-order valence-electron chi connectivity index (χ1n) is 6.99. The molecule has 0 aliphatic carbocycles. The molecule has 19 heavy (non-hydrogen) atoms. The van der Waals surface area contributed by atoms with E-state index in [-0.39, 0.29) is 16.9 Å². The van der Waals surface area contributed by atoms with Gasteiger partial charge in [0.2, 0.25) is 0 Å². The van der Waals surface area contributed by atoms with Gasteiger partial charge in [-0.05, 0) is 29.4 Å². The van der Waals surface area contributed by atoms with E-state index in [0.29, 0.717) is 0 Å². The summed E-state index contributed by atoms with van der Waals surface area (Å²) in [5.41, 5.74) is 3.70. The number of ether oxygens (including phenoxy) is 1. The Kier molecular flexibility index (Phi) is 3.24. The van der Waals surface area contributed by atoms with Crippen LogP contribution in [0.4, 0.5) is 5.69 Å². The molecule has 1 aliphatic heterocycles. The molecule has 0 amide bonds. The molecule has 104 valence electrons. The van der Waals surface area contributed by atoms with Crippen LogP contribution in [0.2, 0.25) is 0 Å². The largest absolute Gasteiger partial charge is 0.482 e. The number of nitrogens with zero attached hydrogens (tertiary/aromatic N) is 1. The lowest BCUT2D eigenvalue weighted by Crippen LogP contribution is -2.22. The second kappa shape index (κ2) is 4.36. The maximum Gasteiger partial charge on any atom is 0.149 e. The zero-order chi connectivity index (χ0) is 14.4. The third-order valence-electron chi connectivity index (χ3n) is 3.47. The zero-order valence-electron chi connectivity index (χ0n) is 13.2. The second-order valence-corrected chi connectivity index (χ2v) is 7.47. The zero-order valence-corrected chi connectivity index (χ0v) is 13.2. The molecule has 2 nitrogen and oxygen atoms in total. The van der Waals surface area contributed by atoms with Gasteiger partial charge in [-0.2, -0.15) is 0 Å². The lowest BCUT2D eigenvalue weighted by molar-refractivity contribution is 0.280. The van der Waals surface area contributed by atoms with Crippen LogP contribution in [-0.4, -0.2) is 12.3 Å². The third kappa shape index (κ3) is 2.83. The minimum atomic E-state index is 0.0501. The Bertz CT molecular complexity index is 515. The molecule has 1 aromatic rings. The smallest absolute Gasteiger partial charge is 0.149 e. The molecule has 2 rings (SSSR count). The van der Waals surface area contributed by atoms with Crippen LogP contribution in [0.3, 0.4) is 0 Å². The van der Waals surface area contributed by atoms with Gasteiger partial charge in [0.1, 0.15) is 17.5 Å². The van der Waals surface area contributed by atoms with E-state index >= 15 is 0 Å². The topological polar surface area (TPSA) is 21.6 Å². The van der Waals surface area contributed by atoms with E-state index in [1.54, 1.807) is 0 Å². The first-order valence-corrected chi connectivity index (χ1v) is 6.99. The summed E-state index contributed by atoms with van der Waals surface area (Å²) in [6.07, 6.45) is 1.93. The molecule has 1 atom stereocenters. The molecule has 0 aromatic heterocycles. The van der Waals surface area contributed by atoms with Crippen LogP contribution in [-0.2, 0) is 10.8 Å². The fraction of sp³-hybridized carbons (Fsp3) is 0.588. The van der Waals surface area contributed by atoms with Gasteiger partial charge in [0, 0.05) is 11.8 Å². The Morgan fingerprint density at radius 1 is 1.00 bits per heavy atom. The summed E-state index contributed by atoms with van der Waals surface area (Å²) >= 11 is 0. The lowest BCUT2D eigenvalue weighted by atomic mass is 9.79. The highest BCUT2D eigenvalue weighted by Crippen LogP contribution is 2.43. The van der Waals surface area contributed by atoms with E-state index in [9.17, 15) is 0 Å². The Labute approximate surface area is 116 Å². The van der Waals surface area contributed by atoms with Gasteiger partial charge >= 0.3 is 0 Å². The van der Waals surface area contributed by atoms with Crippen molar-refractivity contribution in [3.8, 4) is 5.75 Å².